The molecule has 1 aromatic carbocycles. The van der Waals surface area contributed by atoms with Crippen molar-refractivity contribution in [2.75, 3.05) is 27.9 Å². The summed E-state index contributed by atoms with van der Waals surface area (Å²) in [6.45, 7) is 7.72. The maximum absolute atomic E-state index is 5.59. The average molecular weight is 281 g/mol. The summed E-state index contributed by atoms with van der Waals surface area (Å²) in [6, 6.07) is 6.09. The fraction of sp³-hybridized carbons (Fsp3) is 0.625. The van der Waals surface area contributed by atoms with Crippen molar-refractivity contribution in [3.8, 4) is 5.75 Å². The molecule has 0 fully saturated rings. The molecular formula is C16H27NO3. The largest absolute Gasteiger partial charge is 0.496 e. The lowest BCUT2D eigenvalue weighted by molar-refractivity contribution is 0.0956. The normalized spacial score (nSPS) is 13.3. The van der Waals surface area contributed by atoms with Crippen LogP contribution in [0.4, 0.5) is 0 Å². The first-order valence-corrected chi connectivity index (χ1v) is 6.85. The highest BCUT2D eigenvalue weighted by Gasteiger charge is 2.16. The van der Waals surface area contributed by atoms with Crippen LogP contribution in [0.2, 0.25) is 0 Å². The van der Waals surface area contributed by atoms with Crippen molar-refractivity contribution >= 4 is 0 Å². The van der Waals surface area contributed by atoms with Crippen LogP contribution in [-0.2, 0) is 16.1 Å². The molecule has 0 heterocycles. The molecule has 1 rings (SSSR count). The third-order valence-electron chi connectivity index (χ3n) is 3.08. The van der Waals surface area contributed by atoms with Crippen molar-refractivity contribution in [3.63, 3.8) is 0 Å². The Bertz CT molecular complexity index is 413. The van der Waals surface area contributed by atoms with Gasteiger partial charge in [0.1, 0.15) is 5.75 Å². The van der Waals surface area contributed by atoms with Gasteiger partial charge in [0.15, 0.2) is 0 Å². The van der Waals surface area contributed by atoms with Crippen LogP contribution in [0.5, 0.6) is 5.75 Å². The van der Waals surface area contributed by atoms with Gasteiger partial charge >= 0.3 is 0 Å². The van der Waals surface area contributed by atoms with Gasteiger partial charge < -0.3 is 19.5 Å². The van der Waals surface area contributed by atoms with E-state index in [-0.39, 0.29) is 11.6 Å². The van der Waals surface area contributed by atoms with E-state index >= 15 is 0 Å². The van der Waals surface area contributed by atoms with Gasteiger partial charge in [0, 0.05) is 31.9 Å². The molecule has 1 unspecified atom stereocenters. The molecule has 1 N–H and O–H groups in total. The molecule has 0 bridgehead atoms. The lowest BCUT2D eigenvalue weighted by atomic mass is 10.0. The number of ether oxygens (including phenoxy) is 3. The summed E-state index contributed by atoms with van der Waals surface area (Å²) in [5.74, 6) is 0.842. The zero-order chi connectivity index (χ0) is 15.2. The molecule has 114 valence electrons. The van der Waals surface area contributed by atoms with Gasteiger partial charge in [-0.05, 0) is 38.5 Å². The number of hydrogen-bond acceptors (Lipinski definition) is 4. The molecule has 0 spiro atoms. The Morgan fingerprint density at radius 1 is 1.15 bits per heavy atom. The third-order valence-corrected chi connectivity index (χ3v) is 3.08. The number of benzene rings is 1. The molecule has 1 atom stereocenters. The molecule has 1 aromatic rings. The Morgan fingerprint density at radius 3 is 2.35 bits per heavy atom. The molecule has 0 radical (unpaired) electrons. The molecule has 0 aromatic heterocycles. The summed E-state index contributed by atoms with van der Waals surface area (Å²) < 4.78 is 16.2. The van der Waals surface area contributed by atoms with E-state index in [1.807, 2.05) is 12.1 Å². The van der Waals surface area contributed by atoms with Crippen LogP contribution in [0.3, 0.4) is 0 Å². The highest BCUT2D eigenvalue weighted by molar-refractivity contribution is 5.38. The van der Waals surface area contributed by atoms with Gasteiger partial charge in [-0.1, -0.05) is 6.07 Å². The first kappa shape index (κ1) is 17.0. The lowest BCUT2D eigenvalue weighted by Crippen LogP contribution is -2.38. The maximum Gasteiger partial charge on any atom is 0.124 e. The fourth-order valence-corrected chi connectivity index (χ4v) is 2.00. The highest BCUT2D eigenvalue weighted by Crippen LogP contribution is 2.25. The van der Waals surface area contributed by atoms with E-state index in [0.717, 1.165) is 23.4 Å². The molecule has 4 heteroatoms. The quantitative estimate of drug-likeness (QED) is 0.834. The Hall–Kier alpha value is -1.10. The summed E-state index contributed by atoms with van der Waals surface area (Å²) in [5.41, 5.74) is 2.22. The van der Waals surface area contributed by atoms with Gasteiger partial charge in [0.2, 0.25) is 0 Å². The smallest absolute Gasteiger partial charge is 0.124 e. The summed E-state index contributed by atoms with van der Waals surface area (Å²) in [6.07, 6.45) is 0.00994. The van der Waals surface area contributed by atoms with E-state index in [1.165, 1.54) is 0 Å². The zero-order valence-electron chi connectivity index (χ0n) is 13.4. The molecular weight excluding hydrogens is 254 g/mol. The van der Waals surface area contributed by atoms with Crippen molar-refractivity contribution in [1.82, 2.24) is 5.32 Å². The predicted octanol–water partition coefficient (Wildman–Crippen LogP) is 2.92. The van der Waals surface area contributed by atoms with Crippen LogP contribution in [0, 0.1) is 0 Å². The minimum absolute atomic E-state index is 0.00994. The van der Waals surface area contributed by atoms with Crippen molar-refractivity contribution in [3.05, 3.63) is 29.3 Å². The Labute approximate surface area is 122 Å². The van der Waals surface area contributed by atoms with Gasteiger partial charge in [-0.2, -0.15) is 0 Å². The van der Waals surface area contributed by atoms with Gasteiger partial charge in [-0.3, -0.25) is 0 Å². The van der Waals surface area contributed by atoms with Crippen molar-refractivity contribution < 1.29 is 14.2 Å². The predicted molar refractivity (Wildman–Crippen MR) is 81.2 cm³/mol. The van der Waals surface area contributed by atoms with Crippen molar-refractivity contribution in [2.45, 2.75) is 39.0 Å². The molecule has 0 saturated heterocycles. The van der Waals surface area contributed by atoms with Crippen LogP contribution in [0.1, 0.15) is 38.0 Å². The lowest BCUT2D eigenvalue weighted by Gasteiger charge is -2.25. The Kier molecular flexibility index (Phi) is 6.46. The minimum Gasteiger partial charge on any atom is -0.496 e. The molecule has 4 nitrogen and oxygen atoms in total. The molecule has 0 aliphatic heterocycles. The van der Waals surface area contributed by atoms with Crippen molar-refractivity contribution in [2.24, 2.45) is 0 Å². The van der Waals surface area contributed by atoms with E-state index in [4.69, 9.17) is 14.2 Å². The Balaban J connectivity index is 2.89. The van der Waals surface area contributed by atoms with Crippen molar-refractivity contribution in [1.29, 1.82) is 0 Å². The number of rotatable bonds is 7. The van der Waals surface area contributed by atoms with Crippen LogP contribution >= 0.6 is 0 Å². The Morgan fingerprint density at radius 2 is 1.85 bits per heavy atom. The molecule has 0 saturated carbocycles. The average Bonchev–Trinajstić information content (AvgIpc) is 2.39. The summed E-state index contributed by atoms with van der Waals surface area (Å²) in [7, 11) is 5.08. The van der Waals surface area contributed by atoms with Crippen LogP contribution in [0.15, 0.2) is 18.2 Å². The van der Waals surface area contributed by atoms with E-state index in [2.05, 4.69) is 32.2 Å². The summed E-state index contributed by atoms with van der Waals surface area (Å²) in [5, 5.41) is 3.46. The van der Waals surface area contributed by atoms with Crippen LogP contribution in [0.25, 0.3) is 0 Å². The number of methoxy groups -OCH3 is 3. The molecule has 20 heavy (non-hydrogen) atoms. The first-order valence-electron chi connectivity index (χ1n) is 6.85. The number of hydrogen-bond donors (Lipinski definition) is 1. The molecule has 0 amide bonds. The van der Waals surface area contributed by atoms with E-state index in [9.17, 15) is 0 Å². The monoisotopic (exact) mass is 281 g/mol. The number of nitrogens with one attached hydrogen (secondary N) is 1. The second-order valence-electron chi connectivity index (χ2n) is 5.86. The van der Waals surface area contributed by atoms with E-state index < -0.39 is 0 Å². The standard InChI is InChI=1S/C16H27NO3/c1-16(2,3)17-10-15(20-6)12-7-8-14(19-5)13(9-12)11-18-4/h7-9,15,17H,10-11H2,1-6H3. The van der Waals surface area contributed by atoms with Crippen LogP contribution in [-0.4, -0.2) is 33.4 Å². The highest BCUT2D eigenvalue weighted by atomic mass is 16.5. The minimum atomic E-state index is 0.00994. The summed E-state index contributed by atoms with van der Waals surface area (Å²) in [4.78, 5) is 0. The van der Waals surface area contributed by atoms with E-state index in [1.54, 1.807) is 21.3 Å². The van der Waals surface area contributed by atoms with Gasteiger partial charge in [0.25, 0.3) is 0 Å². The second-order valence-corrected chi connectivity index (χ2v) is 5.86. The van der Waals surface area contributed by atoms with Gasteiger partial charge in [0.05, 0.1) is 19.8 Å². The first-order chi connectivity index (χ1) is 9.41. The van der Waals surface area contributed by atoms with Crippen LogP contribution < -0.4 is 10.1 Å². The van der Waals surface area contributed by atoms with Gasteiger partial charge in [-0.15, -0.1) is 0 Å². The second kappa shape index (κ2) is 7.62. The molecule has 0 aliphatic rings. The third kappa shape index (κ3) is 5.12. The summed E-state index contributed by atoms with van der Waals surface area (Å²) >= 11 is 0. The maximum atomic E-state index is 5.59. The van der Waals surface area contributed by atoms with Gasteiger partial charge in [-0.25, -0.2) is 0 Å². The topological polar surface area (TPSA) is 39.7 Å². The van der Waals surface area contributed by atoms with E-state index in [0.29, 0.717) is 6.61 Å². The zero-order valence-corrected chi connectivity index (χ0v) is 13.4. The fourth-order valence-electron chi connectivity index (χ4n) is 2.00. The molecule has 0 aliphatic carbocycles. The SMILES string of the molecule is COCc1cc(C(CNC(C)(C)C)OC)ccc1OC.